The van der Waals surface area contributed by atoms with Crippen LogP contribution in [-0.2, 0) is 4.79 Å². The zero-order chi connectivity index (χ0) is 24.2. The van der Waals surface area contributed by atoms with Gasteiger partial charge in [0.25, 0.3) is 11.1 Å². The van der Waals surface area contributed by atoms with E-state index in [0.29, 0.717) is 28.0 Å². The van der Waals surface area contributed by atoms with E-state index in [2.05, 4.69) is 30.2 Å². The molecule has 5 rings (SSSR count). The molecule has 2 saturated heterocycles. The van der Waals surface area contributed by atoms with Crippen LogP contribution in [-0.4, -0.2) is 50.3 Å². The van der Waals surface area contributed by atoms with Gasteiger partial charge in [-0.3, -0.25) is 14.9 Å². The van der Waals surface area contributed by atoms with Crippen LogP contribution in [0.1, 0.15) is 24.0 Å². The van der Waals surface area contributed by atoms with E-state index >= 15 is 0 Å². The van der Waals surface area contributed by atoms with Gasteiger partial charge in [-0.1, -0.05) is 12.1 Å². The Kier molecular flexibility index (Phi) is 6.57. The Labute approximate surface area is 205 Å². The molecule has 10 nitrogen and oxygen atoms in total. The molecule has 0 unspecified atom stereocenters. The first-order chi connectivity index (χ1) is 17.0. The molecular formula is C24H22N6O4S. The number of anilines is 1. The van der Waals surface area contributed by atoms with Crippen LogP contribution in [0.3, 0.4) is 0 Å². The van der Waals surface area contributed by atoms with Crippen molar-refractivity contribution in [1.29, 1.82) is 0 Å². The lowest BCUT2D eigenvalue weighted by Crippen LogP contribution is -2.39. The van der Waals surface area contributed by atoms with Crippen molar-refractivity contribution >= 4 is 34.9 Å². The first-order valence-corrected chi connectivity index (χ1v) is 11.9. The van der Waals surface area contributed by atoms with E-state index in [1.54, 1.807) is 42.7 Å². The molecule has 0 bridgehead atoms. The third-order valence-corrected chi connectivity index (χ3v) is 6.39. The van der Waals surface area contributed by atoms with Crippen LogP contribution in [0.5, 0.6) is 17.5 Å². The van der Waals surface area contributed by atoms with Gasteiger partial charge in [-0.05, 0) is 48.5 Å². The summed E-state index contributed by atoms with van der Waals surface area (Å²) in [7, 11) is 0. The second-order valence-electron chi connectivity index (χ2n) is 7.99. The van der Waals surface area contributed by atoms with Gasteiger partial charge in [0.05, 0.1) is 10.5 Å². The summed E-state index contributed by atoms with van der Waals surface area (Å²) >= 11 is 0.882. The van der Waals surface area contributed by atoms with Crippen LogP contribution in [0.2, 0.25) is 0 Å². The van der Waals surface area contributed by atoms with Gasteiger partial charge in [-0.15, -0.1) is 0 Å². The van der Waals surface area contributed by atoms with E-state index in [-0.39, 0.29) is 17.3 Å². The Morgan fingerprint density at radius 2 is 1.74 bits per heavy atom. The zero-order valence-electron chi connectivity index (χ0n) is 18.9. The number of hydrogen-bond donors (Lipinski definition) is 1. The minimum atomic E-state index is -0.386. The minimum Gasteiger partial charge on any atom is -0.474 e. The number of thioether (sulfide) groups is 1. The highest BCUT2D eigenvalue weighted by molar-refractivity contribution is 8.18. The second-order valence-corrected chi connectivity index (χ2v) is 9.00. The van der Waals surface area contributed by atoms with Gasteiger partial charge in [0, 0.05) is 38.3 Å². The summed E-state index contributed by atoms with van der Waals surface area (Å²) in [6.45, 7) is 3.47. The van der Waals surface area contributed by atoms with Gasteiger partial charge >= 0.3 is 0 Å². The van der Waals surface area contributed by atoms with Gasteiger partial charge in [0.2, 0.25) is 17.7 Å². The van der Waals surface area contributed by atoms with E-state index in [0.717, 1.165) is 49.2 Å². The van der Waals surface area contributed by atoms with E-state index in [9.17, 15) is 9.59 Å². The number of aromatic nitrogens is 4. The maximum absolute atomic E-state index is 11.7. The van der Waals surface area contributed by atoms with E-state index in [1.807, 2.05) is 13.0 Å². The quantitative estimate of drug-likeness (QED) is 0.512. The summed E-state index contributed by atoms with van der Waals surface area (Å²) in [5, 5.41) is 1.87. The molecule has 2 aliphatic rings. The van der Waals surface area contributed by atoms with Gasteiger partial charge < -0.3 is 14.4 Å². The monoisotopic (exact) mass is 490 g/mol. The molecule has 35 heavy (non-hydrogen) atoms. The smallest absolute Gasteiger partial charge is 0.290 e. The standard InChI is InChI=1S/C24H22N6O4S/c1-15-21(33-17-5-3-16(4-6-17)13-19-20(31)29-24(32)35-19)27-14-28-22(15)34-18-7-11-30(12-8-18)23-25-9-2-10-26-23/h2-6,9-10,13-14,18H,7-8,11-12H2,1H3,(H,29,31,32)/b19-13+. The molecule has 0 atom stereocenters. The predicted molar refractivity (Wildman–Crippen MR) is 130 cm³/mol. The number of hydrogen-bond acceptors (Lipinski definition) is 10. The highest BCUT2D eigenvalue weighted by atomic mass is 32.2. The van der Waals surface area contributed by atoms with Crippen LogP contribution >= 0.6 is 11.8 Å². The van der Waals surface area contributed by atoms with Crippen molar-refractivity contribution in [2.45, 2.75) is 25.9 Å². The lowest BCUT2D eigenvalue weighted by molar-refractivity contribution is -0.115. The van der Waals surface area contributed by atoms with Crippen molar-refractivity contribution < 1.29 is 19.1 Å². The summed E-state index contributed by atoms with van der Waals surface area (Å²) in [5.74, 6) is 1.84. The number of benzene rings is 1. The molecule has 178 valence electrons. The molecule has 4 heterocycles. The van der Waals surface area contributed by atoms with Gasteiger partial charge in [0.15, 0.2) is 0 Å². The Balaban J connectivity index is 1.21. The van der Waals surface area contributed by atoms with Crippen molar-refractivity contribution in [3.8, 4) is 17.5 Å². The fraction of sp³-hybridized carbons (Fsp3) is 0.250. The predicted octanol–water partition coefficient (Wildman–Crippen LogP) is 3.74. The Morgan fingerprint density at radius 3 is 2.43 bits per heavy atom. The SMILES string of the molecule is Cc1c(Oc2ccc(/C=C3/SC(=O)NC3=O)cc2)ncnc1OC1CCN(c2ncccn2)CC1. The lowest BCUT2D eigenvalue weighted by Gasteiger charge is -2.32. The highest BCUT2D eigenvalue weighted by Gasteiger charge is 2.25. The summed E-state index contributed by atoms with van der Waals surface area (Å²) in [4.78, 5) is 42.7. The topological polar surface area (TPSA) is 119 Å². The molecule has 2 aromatic heterocycles. The number of carbonyl (C=O) groups excluding carboxylic acids is 2. The molecule has 1 aromatic carbocycles. The first kappa shape index (κ1) is 22.8. The van der Waals surface area contributed by atoms with Crippen LogP contribution < -0.4 is 19.7 Å². The normalized spacial score (nSPS) is 17.5. The fourth-order valence-electron chi connectivity index (χ4n) is 3.74. The van der Waals surface area contributed by atoms with Crippen LogP contribution in [0.25, 0.3) is 6.08 Å². The molecular weight excluding hydrogens is 468 g/mol. The summed E-state index contributed by atoms with van der Waals surface area (Å²) < 4.78 is 12.1. The summed E-state index contributed by atoms with van der Waals surface area (Å²) in [6, 6.07) is 8.96. The van der Waals surface area contributed by atoms with Crippen molar-refractivity contribution in [3.05, 3.63) is 65.1 Å². The third-order valence-electron chi connectivity index (χ3n) is 5.58. The van der Waals surface area contributed by atoms with Crippen LogP contribution in [0, 0.1) is 6.92 Å². The Morgan fingerprint density at radius 1 is 1.03 bits per heavy atom. The maximum Gasteiger partial charge on any atom is 0.290 e. The Hall–Kier alpha value is -3.99. The molecule has 11 heteroatoms. The van der Waals surface area contributed by atoms with Crippen molar-refractivity contribution in [3.63, 3.8) is 0 Å². The summed E-state index contributed by atoms with van der Waals surface area (Å²) in [5.41, 5.74) is 1.49. The third kappa shape index (κ3) is 5.40. The zero-order valence-corrected chi connectivity index (χ0v) is 19.7. The molecule has 0 spiro atoms. The Bertz CT molecular complexity index is 1260. The molecule has 2 fully saturated rings. The number of carbonyl (C=O) groups is 2. The molecule has 3 aromatic rings. The average Bonchev–Trinajstić information content (AvgIpc) is 3.20. The molecule has 2 amide bonds. The number of imide groups is 1. The number of nitrogens with zero attached hydrogens (tertiary/aromatic N) is 5. The molecule has 0 aliphatic carbocycles. The number of amides is 2. The van der Waals surface area contributed by atoms with Crippen LogP contribution in [0.4, 0.5) is 10.7 Å². The highest BCUT2D eigenvalue weighted by Crippen LogP contribution is 2.30. The van der Waals surface area contributed by atoms with Gasteiger partial charge in [0.1, 0.15) is 18.2 Å². The van der Waals surface area contributed by atoms with Gasteiger partial charge in [-0.25, -0.2) is 19.9 Å². The second kappa shape index (κ2) is 10.1. The molecule has 0 radical (unpaired) electrons. The largest absolute Gasteiger partial charge is 0.474 e. The fourth-order valence-corrected chi connectivity index (χ4v) is 4.42. The van der Waals surface area contributed by atoms with Crippen molar-refractivity contribution in [2.75, 3.05) is 18.0 Å². The number of ether oxygens (including phenoxy) is 2. The maximum atomic E-state index is 11.7. The van der Waals surface area contributed by atoms with E-state index < -0.39 is 0 Å². The minimum absolute atomic E-state index is 0.0290. The van der Waals surface area contributed by atoms with Gasteiger partial charge in [-0.2, -0.15) is 0 Å². The van der Waals surface area contributed by atoms with Crippen molar-refractivity contribution in [2.24, 2.45) is 0 Å². The summed E-state index contributed by atoms with van der Waals surface area (Å²) in [6.07, 6.45) is 8.27. The number of piperidine rings is 1. The van der Waals surface area contributed by atoms with Crippen LogP contribution in [0.15, 0.2) is 54.0 Å². The molecule has 1 N–H and O–H groups in total. The number of nitrogens with one attached hydrogen (secondary N) is 1. The molecule has 0 saturated carbocycles. The molecule has 2 aliphatic heterocycles. The van der Waals surface area contributed by atoms with E-state index in [1.165, 1.54) is 6.33 Å². The van der Waals surface area contributed by atoms with E-state index in [4.69, 9.17) is 9.47 Å². The average molecular weight is 491 g/mol. The van der Waals surface area contributed by atoms with Crippen molar-refractivity contribution in [1.82, 2.24) is 25.3 Å². The lowest BCUT2D eigenvalue weighted by atomic mass is 10.1. The number of rotatable bonds is 6. The first-order valence-electron chi connectivity index (χ1n) is 11.1.